The first-order valence-corrected chi connectivity index (χ1v) is 9.27. The number of pyridine rings is 1. The fourth-order valence-corrected chi connectivity index (χ4v) is 3.51. The summed E-state index contributed by atoms with van der Waals surface area (Å²) in [6, 6.07) is 11.2. The van der Waals surface area contributed by atoms with E-state index in [9.17, 15) is 9.59 Å². The van der Waals surface area contributed by atoms with Gasteiger partial charge in [-0.1, -0.05) is 18.2 Å². The Hall–Kier alpha value is -3.41. The molecule has 0 saturated carbocycles. The number of benzene rings is 1. The van der Waals surface area contributed by atoms with Crippen LogP contribution in [0.5, 0.6) is 0 Å². The molecule has 0 radical (unpaired) electrons. The summed E-state index contributed by atoms with van der Waals surface area (Å²) in [5, 5.41) is 3.36. The third-order valence-electron chi connectivity index (χ3n) is 4.71. The summed E-state index contributed by atoms with van der Waals surface area (Å²) < 4.78 is 10.7. The molecule has 0 aliphatic heterocycles. The van der Waals surface area contributed by atoms with Crippen molar-refractivity contribution in [2.45, 2.75) is 19.8 Å². The van der Waals surface area contributed by atoms with Crippen LogP contribution in [0.1, 0.15) is 40.7 Å². The average Bonchev–Trinajstić information content (AvgIpc) is 3.35. The van der Waals surface area contributed by atoms with Crippen LogP contribution in [0.2, 0.25) is 0 Å². The molecule has 2 heterocycles. The fraction of sp³-hybridized carbons (Fsp3) is 0.227. The van der Waals surface area contributed by atoms with E-state index in [2.05, 4.69) is 5.32 Å². The molecule has 1 amide bonds. The molecule has 1 aliphatic carbocycles. The summed E-state index contributed by atoms with van der Waals surface area (Å²) in [6.45, 7) is 2.01. The highest BCUT2D eigenvalue weighted by molar-refractivity contribution is 6.07. The van der Waals surface area contributed by atoms with E-state index in [4.69, 9.17) is 14.1 Å². The van der Waals surface area contributed by atoms with E-state index in [1.54, 1.807) is 6.26 Å². The number of ether oxygens (including phenoxy) is 1. The van der Waals surface area contributed by atoms with Crippen LogP contribution in [0, 0.1) is 0 Å². The molecular weight excluding hydrogens is 356 g/mol. The van der Waals surface area contributed by atoms with Crippen molar-refractivity contribution in [2.75, 3.05) is 13.2 Å². The molecule has 2 aromatic heterocycles. The van der Waals surface area contributed by atoms with Gasteiger partial charge in [-0.3, -0.25) is 4.79 Å². The molecule has 6 nitrogen and oxygen atoms in total. The lowest BCUT2D eigenvalue weighted by Gasteiger charge is -2.12. The normalized spacial score (nSPS) is 14.2. The zero-order valence-corrected chi connectivity index (χ0v) is 15.5. The van der Waals surface area contributed by atoms with Gasteiger partial charge in [-0.15, -0.1) is 0 Å². The van der Waals surface area contributed by atoms with Gasteiger partial charge >= 0.3 is 5.97 Å². The van der Waals surface area contributed by atoms with Crippen molar-refractivity contribution in [2.24, 2.45) is 0 Å². The van der Waals surface area contributed by atoms with E-state index >= 15 is 0 Å². The number of nitrogens with zero attached hydrogens (tertiary/aromatic N) is 1. The number of esters is 1. The number of carbonyl (C=O) groups is 2. The summed E-state index contributed by atoms with van der Waals surface area (Å²) >= 11 is 0. The second-order valence-corrected chi connectivity index (χ2v) is 6.55. The van der Waals surface area contributed by atoms with Crippen molar-refractivity contribution < 1.29 is 18.7 Å². The SMILES string of the molecule is CCNC(=O)COC(=O)c1c2c(nc3ccccc13)C(=Cc1ccco1)CC2. The molecule has 1 aromatic carbocycles. The first-order valence-electron chi connectivity index (χ1n) is 9.27. The number of amides is 1. The minimum absolute atomic E-state index is 0.298. The summed E-state index contributed by atoms with van der Waals surface area (Å²) in [7, 11) is 0. The van der Waals surface area contributed by atoms with Gasteiger partial charge in [0.05, 0.1) is 23.0 Å². The molecule has 0 fully saturated rings. The number of allylic oxidation sites excluding steroid dienone is 1. The van der Waals surface area contributed by atoms with Crippen LogP contribution < -0.4 is 5.32 Å². The summed E-state index contributed by atoms with van der Waals surface area (Å²) in [6.07, 6.45) is 5.03. The van der Waals surface area contributed by atoms with Crippen LogP contribution in [0.4, 0.5) is 0 Å². The molecule has 0 spiro atoms. The van der Waals surface area contributed by atoms with Crippen LogP contribution in [0.25, 0.3) is 22.6 Å². The summed E-state index contributed by atoms with van der Waals surface area (Å²) in [4.78, 5) is 29.4. The highest BCUT2D eigenvalue weighted by Gasteiger charge is 2.28. The maximum Gasteiger partial charge on any atom is 0.339 e. The molecule has 0 unspecified atom stereocenters. The van der Waals surface area contributed by atoms with Gasteiger partial charge in [0.15, 0.2) is 6.61 Å². The Labute approximate surface area is 162 Å². The maximum absolute atomic E-state index is 12.9. The largest absolute Gasteiger partial charge is 0.465 e. The predicted octanol–water partition coefficient (Wildman–Crippen LogP) is 3.61. The number of para-hydroxylation sites is 1. The second-order valence-electron chi connectivity index (χ2n) is 6.55. The van der Waals surface area contributed by atoms with Gasteiger partial charge < -0.3 is 14.5 Å². The lowest BCUT2D eigenvalue weighted by atomic mass is 10.0. The number of hydrogen-bond donors (Lipinski definition) is 1. The number of likely N-dealkylation sites (N-methyl/N-ethyl adjacent to an activating group) is 1. The van der Waals surface area contributed by atoms with Gasteiger partial charge in [-0.05, 0) is 55.2 Å². The van der Waals surface area contributed by atoms with Gasteiger partial charge in [0.25, 0.3) is 5.91 Å². The first-order chi connectivity index (χ1) is 13.7. The van der Waals surface area contributed by atoms with Crippen molar-refractivity contribution in [3.8, 4) is 0 Å². The molecule has 0 bridgehead atoms. The molecule has 6 heteroatoms. The Morgan fingerprint density at radius 2 is 2.07 bits per heavy atom. The third kappa shape index (κ3) is 3.41. The number of furan rings is 1. The van der Waals surface area contributed by atoms with E-state index in [1.165, 1.54) is 0 Å². The highest BCUT2D eigenvalue weighted by Crippen LogP contribution is 2.37. The first kappa shape index (κ1) is 18.0. The van der Waals surface area contributed by atoms with Gasteiger partial charge in [0.2, 0.25) is 0 Å². The van der Waals surface area contributed by atoms with E-state index in [0.717, 1.165) is 39.9 Å². The molecule has 0 atom stereocenters. The van der Waals surface area contributed by atoms with E-state index < -0.39 is 5.97 Å². The van der Waals surface area contributed by atoms with Crippen molar-refractivity contribution in [1.82, 2.24) is 10.3 Å². The molecule has 142 valence electrons. The van der Waals surface area contributed by atoms with E-state index in [1.807, 2.05) is 49.4 Å². The zero-order valence-electron chi connectivity index (χ0n) is 15.5. The van der Waals surface area contributed by atoms with E-state index in [0.29, 0.717) is 18.5 Å². The average molecular weight is 376 g/mol. The number of nitrogens with one attached hydrogen (secondary N) is 1. The van der Waals surface area contributed by atoms with Crippen LogP contribution in [0.3, 0.4) is 0 Å². The molecule has 1 N–H and O–H groups in total. The predicted molar refractivity (Wildman–Crippen MR) is 106 cm³/mol. The van der Waals surface area contributed by atoms with Gasteiger partial charge in [-0.2, -0.15) is 0 Å². The summed E-state index contributed by atoms with van der Waals surface area (Å²) in [5.41, 5.74) is 3.89. The lowest BCUT2D eigenvalue weighted by Crippen LogP contribution is -2.28. The quantitative estimate of drug-likeness (QED) is 0.688. The number of hydrogen-bond acceptors (Lipinski definition) is 5. The number of aromatic nitrogens is 1. The topological polar surface area (TPSA) is 81.4 Å². The van der Waals surface area contributed by atoms with Crippen molar-refractivity contribution in [1.29, 1.82) is 0 Å². The second kappa shape index (κ2) is 7.68. The highest BCUT2D eigenvalue weighted by atomic mass is 16.5. The van der Waals surface area contributed by atoms with Gasteiger partial charge in [0, 0.05) is 11.9 Å². The smallest absolute Gasteiger partial charge is 0.339 e. The van der Waals surface area contributed by atoms with Crippen LogP contribution >= 0.6 is 0 Å². The summed E-state index contributed by atoms with van der Waals surface area (Å²) in [5.74, 6) is -0.0669. The Kier molecular flexibility index (Phi) is 4.93. The number of carbonyl (C=O) groups excluding carboxylic acids is 2. The standard InChI is InChI=1S/C22H20N2O4/c1-2-23-19(25)13-28-22(26)20-16-7-3-4-8-18(16)24-21-14(9-10-17(20)21)12-15-6-5-11-27-15/h3-8,11-12H,2,9-10,13H2,1H3,(H,23,25). The fourth-order valence-electron chi connectivity index (χ4n) is 3.51. The maximum atomic E-state index is 12.9. The third-order valence-corrected chi connectivity index (χ3v) is 4.71. The Balaban J connectivity index is 1.76. The molecule has 3 aromatic rings. The number of fused-ring (bicyclic) bond motifs is 2. The van der Waals surface area contributed by atoms with E-state index in [-0.39, 0.29) is 12.5 Å². The van der Waals surface area contributed by atoms with Gasteiger partial charge in [0.1, 0.15) is 5.76 Å². The van der Waals surface area contributed by atoms with Crippen LogP contribution in [-0.2, 0) is 16.0 Å². The van der Waals surface area contributed by atoms with Crippen LogP contribution in [-0.4, -0.2) is 30.0 Å². The Morgan fingerprint density at radius 1 is 1.21 bits per heavy atom. The molecule has 1 aliphatic rings. The molecule has 0 saturated heterocycles. The van der Waals surface area contributed by atoms with Crippen molar-refractivity contribution in [3.05, 3.63) is 65.2 Å². The minimum Gasteiger partial charge on any atom is -0.465 e. The molecular formula is C22H20N2O4. The zero-order chi connectivity index (χ0) is 19.5. The number of rotatable bonds is 5. The minimum atomic E-state index is -0.500. The van der Waals surface area contributed by atoms with Crippen molar-refractivity contribution in [3.63, 3.8) is 0 Å². The Morgan fingerprint density at radius 3 is 2.86 bits per heavy atom. The lowest BCUT2D eigenvalue weighted by molar-refractivity contribution is -0.124. The van der Waals surface area contributed by atoms with Crippen molar-refractivity contribution >= 4 is 34.4 Å². The van der Waals surface area contributed by atoms with Gasteiger partial charge in [-0.25, -0.2) is 9.78 Å². The molecule has 28 heavy (non-hydrogen) atoms. The Bertz CT molecular complexity index is 1070. The monoisotopic (exact) mass is 376 g/mol. The van der Waals surface area contributed by atoms with Crippen LogP contribution in [0.15, 0.2) is 47.1 Å². The molecule has 4 rings (SSSR count).